The standard InChI is InChI=1S/C13H22N4O.2ClH/c1-11(9-17-6-5-15-10-17)7-16-13(18)12-3-2-4-14-8-12;;/h5-6,10-12,14H,2-4,7-9H2,1H3,(H,16,18);2*1H. The molecule has 2 atom stereocenters. The van der Waals surface area contributed by atoms with Crippen LogP contribution in [0.2, 0.25) is 0 Å². The topological polar surface area (TPSA) is 59.0 Å². The van der Waals surface area contributed by atoms with Crippen molar-refractivity contribution in [3.8, 4) is 0 Å². The zero-order valence-electron chi connectivity index (χ0n) is 11.7. The quantitative estimate of drug-likeness (QED) is 0.863. The molecule has 1 aromatic rings. The lowest BCUT2D eigenvalue weighted by atomic mass is 9.98. The average Bonchev–Trinajstić information content (AvgIpc) is 2.90. The number of hydrogen-bond acceptors (Lipinski definition) is 3. The molecule has 0 radical (unpaired) electrons. The van der Waals surface area contributed by atoms with Gasteiger partial charge in [0.05, 0.1) is 12.2 Å². The van der Waals surface area contributed by atoms with Gasteiger partial charge in [-0.05, 0) is 25.3 Å². The molecule has 1 aliphatic rings. The molecule has 0 aromatic carbocycles. The Morgan fingerprint density at radius 2 is 2.35 bits per heavy atom. The van der Waals surface area contributed by atoms with Crippen LogP contribution in [0.4, 0.5) is 0 Å². The SMILES string of the molecule is CC(CNC(=O)C1CCCNC1)Cn1ccnc1.Cl.Cl. The van der Waals surface area contributed by atoms with E-state index in [2.05, 4.69) is 22.5 Å². The predicted molar refractivity (Wildman–Crippen MR) is 84.5 cm³/mol. The van der Waals surface area contributed by atoms with E-state index >= 15 is 0 Å². The van der Waals surface area contributed by atoms with Crippen LogP contribution in [0.5, 0.6) is 0 Å². The van der Waals surface area contributed by atoms with Gasteiger partial charge in [-0.1, -0.05) is 6.92 Å². The average molecular weight is 323 g/mol. The molecule has 0 saturated carbocycles. The van der Waals surface area contributed by atoms with Crippen LogP contribution in [-0.4, -0.2) is 35.1 Å². The predicted octanol–water partition coefficient (Wildman–Crippen LogP) is 1.48. The molecule has 2 N–H and O–H groups in total. The minimum absolute atomic E-state index is 0. The zero-order valence-corrected chi connectivity index (χ0v) is 13.4. The van der Waals surface area contributed by atoms with Crippen molar-refractivity contribution < 1.29 is 4.79 Å². The molecule has 5 nitrogen and oxygen atoms in total. The van der Waals surface area contributed by atoms with Crippen molar-refractivity contribution in [3.63, 3.8) is 0 Å². The Labute approximate surface area is 132 Å². The van der Waals surface area contributed by atoms with Gasteiger partial charge in [-0.3, -0.25) is 4.79 Å². The summed E-state index contributed by atoms with van der Waals surface area (Å²) in [7, 11) is 0. The first kappa shape index (κ1) is 19.2. The van der Waals surface area contributed by atoms with Crippen molar-refractivity contribution in [1.82, 2.24) is 20.2 Å². The van der Waals surface area contributed by atoms with Crippen molar-refractivity contribution >= 4 is 30.7 Å². The van der Waals surface area contributed by atoms with Gasteiger partial charge in [0.15, 0.2) is 0 Å². The highest BCUT2D eigenvalue weighted by Gasteiger charge is 2.20. The lowest BCUT2D eigenvalue weighted by molar-refractivity contribution is -0.125. The van der Waals surface area contributed by atoms with E-state index in [-0.39, 0.29) is 36.6 Å². The molecule has 2 heterocycles. The van der Waals surface area contributed by atoms with Crippen LogP contribution < -0.4 is 10.6 Å². The Morgan fingerprint density at radius 3 is 2.95 bits per heavy atom. The second-order valence-corrected chi connectivity index (χ2v) is 5.15. The van der Waals surface area contributed by atoms with Crippen LogP contribution in [0.25, 0.3) is 0 Å². The summed E-state index contributed by atoms with van der Waals surface area (Å²) >= 11 is 0. The van der Waals surface area contributed by atoms with Crippen molar-refractivity contribution in [2.75, 3.05) is 19.6 Å². The molecule has 2 rings (SSSR count). The molecular weight excluding hydrogens is 299 g/mol. The fourth-order valence-electron chi connectivity index (χ4n) is 2.31. The summed E-state index contributed by atoms with van der Waals surface area (Å²) < 4.78 is 2.04. The summed E-state index contributed by atoms with van der Waals surface area (Å²) in [6.07, 6.45) is 7.64. The Bertz CT molecular complexity index is 366. The molecule has 0 bridgehead atoms. The summed E-state index contributed by atoms with van der Waals surface area (Å²) in [5, 5.41) is 6.32. The number of nitrogens with zero attached hydrogens (tertiary/aromatic N) is 2. The number of amides is 1. The molecule has 20 heavy (non-hydrogen) atoms. The van der Waals surface area contributed by atoms with Crippen LogP contribution in [0.3, 0.4) is 0 Å². The molecule has 1 aromatic heterocycles. The lowest BCUT2D eigenvalue weighted by Crippen LogP contribution is -2.42. The lowest BCUT2D eigenvalue weighted by Gasteiger charge is -2.23. The van der Waals surface area contributed by atoms with E-state index in [1.54, 1.807) is 6.20 Å². The second-order valence-electron chi connectivity index (χ2n) is 5.15. The fraction of sp³-hybridized carbons (Fsp3) is 0.692. The van der Waals surface area contributed by atoms with Crippen molar-refractivity contribution in [1.29, 1.82) is 0 Å². The molecule has 1 fully saturated rings. The first-order valence-corrected chi connectivity index (χ1v) is 6.70. The highest BCUT2D eigenvalue weighted by molar-refractivity contribution is 5.85. The minimum atomic E-state index is 0. The van der Waals surface area contributed by atoms with Crippen molar-refractivity contribution in [3.05, 3.63) is 18.7 Å². The van der Waals surface area contributed by atoms with E-state index in [0.29, 0.717) is 5.92 Å². The van der Waals surface area contributed by atoms with Crippen LogP contribution >= 0.6 is 24.8 Å². The molecule has 116 valence electrons. The highest BCUT2D eigenvalue weighted by atomic mass is 35.5. The number of aromatic nitrogens is 2. The maximum atomic E-state index is 11.9. The van der Waals surface area contributed by atoms with Gasteiger partial charge < -0.3 is 15.2 Å². The number of nitrogens with one attached hydrogen (secondary N) is 2. The third-order valence-electron chi connectivity index (χ3n) is 3.37. The third kappa shape index (κ3) is 6.11. The summed E-state index contributed by atoms with van der Waals surface area (Å²) in [6.45, 7) is 5.62. The molecule has 7 heteroatoms. The minimum Gasteiger partial charge on any atom is -0.355 e. The van der Waals surface area contributed by atoms with Gasteiger partial charge in [0.25, 0.3) is 0 Å². The van der Waals surface area contributed by atoms with Gasteiger partial charge in [-0.25, -0.2) is 4.98 Å². The Balaban J connectivity index is 0.00000180. The number of rotatable bonds is 5. The molecule has 2 unspecified atom stereocenters. The summed E-state index contributed by atoms with van der Waals surface area (Å²) in [4.78, 5) is 15.9. The van der Waals surface area contributed by atoms with Gasteiger partial charge in [-0.2, -0.15) is 0 Å². The normalized spacial score (nSPS) is 19.4. The fourth-order valence-corrected chi connectivity index (χ4v) is 2.31. The van der Waals surface area contributed by atoms with Gasteiger partial charge in [0.2, 0.25) is 5.91 Å². The number of hydrogen-bond donors (Lipinski definition) is 2. The largest absolute Gasteiger partial charge is 0.355 e. The smallest absolute Gasteiger partial charge is 0.224 e. The first-order valence-electron chi connectivity index (χ1n) is 6.70. The van der Waals surface area contributed by atoms with Gasteiger partial charge in [0, 0.05) is 32.0 Å². The summed E-state index contributed by atoms with van der Waals surface area (Å²) in [6, 6.07) is 0. The Hall–Kier alpha value is -0.780. The number of carbonyl (C=O) groups excluding carboxylic acids is 1. The number of imidazole rings is 1. The zero-order chi connectivity index (χ0) is 12.8. The summed E-state index contributed by atoms with van der Waals surface area (Å²) in [5.41, 5.74) is 0. The van der Waals surface area contributed by atoms with Crippen LogP contribution in [0.1, 0.15) is 19.8 Å². The van der Waals surface area contributed by atoms with Gasteiger partial charge in [0.1, 0.15) is 0 Å². The van der Waals surface area contributed by atoms with Gasteiger partial charge in [-0.15, -0.1) is 24.8 Å². The maximum absolute atomic E-state index is 11.9. The molecule has 1 aliphatic heterocycles. The highest BCUT2D eigenvalue weighted by Crippen LogP contribution is 2.10. The van der Waals surface area contributed by atoms with Crippen LogP contribution in [-0.2, 0) is 11.3 Å². The summed E-state index contributed by atoms with van der Waals surface area (Å²) in [5.74, 6) is 0.763. The van der Waals surface area contributed by atoms with Crippen LogP contribution in [0, 0.1) is 11.8 Å². The monoisotopic (exact) mass is 322 g/mol. The molecule has 0 aliphatic carbocycles. The maximum Gasteiger partial charge on any atom is 0.224 e. The number of carbonyl (C=O) groups is 1. The van der Waals surface area contributed by atoms with E-state index in [1.165, 1.54) is 0 Å². The Kier molecular flexibility index (Phi) is 9.63. The number of halogens is 2. The van der Waals surface area contributed by atoms with Crippen molar-refractivity contribution in [2.24, 2.45) is 11.8 Å². The molecule has 0 spiro atoms. The third-order valence-corrected chi connectivity index (χ3v) is 3.37. The van der Waals surface area contributed by atoms with E-state index in [9.17, 15) is 4.79 Å². The van der Waals surface area contributed by atoms with E-state index in [1.807, 2.05) is 17.1 Å². The van der Waals surface area contributed by atoms with E-state index < -0.39 is 0 Å². The first-order chi connectivity index (χ1) is 8.75. The van der Waals surface area contributed by atoms with E-state index in [0.717, 1.165) is 39.0 Å². The van der Waals surface area contributed by atoms with Gasteiger partial charge >= 0.3 is 0 Å². The second kappa shape index (κ2) is 10.0. The molecular formula is C13H24Cl2N4O. The Morgan fingerprint density at radius 1 is 1.55 bits per heavy atom. The molecule has 1 amide bonds. The number of piperidine rings is 1. The van der Waals surface area contributed by atoms with Crippen LogP contribution in [0.15, 0.2) is 18.7 Å². The van der Waals surface area contributed by atoms with Crippen molar-refractivity contribution in [2.45, 2.75) is 26.3 Å². The molecule has 1 saturated heterocycles. The van der Waals surface area contributed by atoms with E-state index in [4.69, 9.17) is 0 Å².